The van der Waals surface area contributed by atoms with Crippen LogP contribution >= 0.6 is 0 Å². The quantitative estimate of drug-likeness (QED) is 0.666. The van der Waals surface area contributed by atoms with Gasteiger partial charge in [0.05, 0.1) is 0 Å². The number of unbranched alkanes of at least 4 members (excludes halogenated alkanes) is 2. The van der Waals surface area contributed by atoms with Crippen molar-refractivity contribution in [1.82, 2.24) is 0 Å². The number of carboxylic acid groups (broad SMARTS) is 1. The fourth-order valence-corrected chi connectivity index (χ4v) is 3.00. The number of aliphatic hydroxyl groups is 1. The number of rotatable bonds is 9. The molecule has 0 spiro atoms. The van der Waals surface area contributed by atoms with Crippen LogP contribution in [0.2, 0.25) is 0 Å². The predicted molar refractivity (Wildman–Crippen MR) is 96.0 cm³/mol. The summed E-state index contributed by atoms with van der Waals surface area (Å²) in [7, 11) is 0. The lowest BCUT2D eigenvalue weighted by atomic mass is 9.81. The standard InChI is InChI=1S/C21H26O3/c1-2-3-7-16-21(24,18-8-5-4-6-9-18)19-13-10-17(11-14-19)12-15-20(22)23/h4-6,8-11,13-14,24H,2-3,7,12,15-16H2,1H3,(H,22,23). The summed E-state index contributed by atoms with van der Waals surface area (Å²) < 4.78 is 0. The molecule has 0 aromatic heterocycles. The molecule has 0 aliphatic rings. The van der Waals surface area contributed by atoms with E-state index in [4.69, 9.17) is 5.11 Å². The molecular formula is C21H26O3. The van der Waals surface area contributed by atoms with E-state index < -0.39 is 11.6 Å². The molecule has 0 fully saturated rings. The van der Waals surface area contributed by atoms with Crippen LogP contribution in [0.3, 0.4) is 0 Å². The number of aliphatic carboxylic acids is 1. The molecule has 1 unspecified atom stereocenters. The Morgan fingerprint density at radius 1 is 0.958 bits per heavy atom. The largest absolute Gasteiger partial charge is 0.481 e. The van der Waals surface area contributed by atoms with Gasteiger partial charge in [-0.1, -0.05) is 74.4 Å². The second-order valence-electron chi connectivity index (χ2n) is 6.27. The highest BCUT2D eigenvalue weighted by molar-refractivity contribution is 5.67. The van der Waals surface area contributed by atoms with Gasteiger partial charge in [0.2, 0.25) is 0 Å². The Balaban J connectivity index is 2.24. The number of hydrogen-bond acceptors (Lipinski definition) is 2. The zero-order chi connectivity index (χ0) is 17.4. The van der Waals surface area contributed by atoms with Gasteiger partial charge < -0.3 is 10.2 Å². The van der Waals surface area contributed by atoms with Crippen molar-refractivity contribution in [3.63, 3.8) is 0 Å². The lowest BCUT2D eigenvalue weighted by Gasteiger charge is -2.30. The molecule has 2 N–H and O–H groups in total. The number of hydrogen-bond donors (Lipinski definition) is 2. The van der Waals surface area contributed by atoms with Crippen molar-refractivity contribution in [3.05, 3.63) is 71.3 Å². The molecule has 2 aromatic carbocycles. The zero-order valence-electron chi connectivity index (χ0n) is 14.2. The molecule has 24 heavy (non-hydrogen) atoms. The topological polar surface area (TPSA) is 57.5 Å². The number of carboxylic acids is 1. The fourth-order valence-electron chi connectivity index (χ4n) is 3.00. The second-order valence-corrected chi connectivity index (χ2v) is 6.27. The van der Waals surface area contributed by atoms with E-state index in [-0.39, 0.29) is 6.42 Å². The summed E-state index contributed by atoms with van der Waals surface area (Å²) in [6.07, 6.45) is 4.47. The Hall–Kier alpha value is -2.13. The first-order valence-electron chi connectivity index (χ1n) is 8.65. The highest BCUT2D eigenvalue weighted by Gasteiger charge is 2.30. The van der Waals surface area contributed by atoms with Crippen LogP contribution in [0.15, 0.2) is 54.6 Å². The second kappa shape index (κ2) is 8.65. The average molecular weight is 326 g/mol. The first-order chi connectivity index (χ1) is 11.6. The Labute approximate surface area is 144 Å². The minimum Gasteiger partial charge on any atom is -0.481 e. The molecule has 0 saturated heterocycles. The van der Waals surface area contributed by atoms with E-state index in [0.29, 0.717) is 12.8 Å². The molecule has 0 aliphatic carbocycles. The Kier molecular flexibility index (Phi) is 6.56. The van der Waals surface area contributed by atoms with Crippen LogP contribution in [-0.4, -0.2) is 16.2 Å². The third-order valence-corrected chi connectivity index (χ3v) is 4.45. The normalized spacial score (nSPS) is 13.4. The highest BCUT2D eigenvalue weighted by atomic mass is 16.4. The van der Waals surface area contributed by atoms with E-state index in [9.17, 15) is 9.90 Å². The van der Waals surface area contributed by atoms with E-state index in [1.807, 2.05) is 54.6 Å². The molecule has 0 radical (unpaired) electrons. The highest BCUT2D eigenvalue weighted by Crippen LogP contribution is 2.35. The molecule has 0 heterocycles. The van der Waals surface area contributed by atoms with E-state index in [2.05, 4.69) is 6.92 Å². The van der Waals surface area contributed by atoms with Gasteiger partial charge in [-0.2, -0.15) is 0 Å². The smallest absolute Gasteiger partial charge is 0.303 e. The zero-order valence-corrected chi connectivity index (χ0v) is 14.2. The molecule has 1 atom stereocenters. The van der Waals surface area contributed by atoms with Gasteiger partial charge in [-0.3, -0.25) is 4.79 Å². The van der Waals surface area contributed by atoms with E-state index in [1.54, 1.807) is 0 Å². The molecule has 3 heteroatoms. The summed E-state index contributed by atoms with van der Waals surface area (Å²) in [6, 6.07) is 17.5. The lowest BCUT2D eigenvalue weighted by Crippen LogP contribution is -2.27. The van der Waals surface area contributed by atoms with Crippen molar-refractivity contribution in [2.45, 2.75) is 51.0 Å². The SMILES string of the molecule is CCCCCC(O)(c1ccccc1)c1ccc(CCC(=O)O)cc1. The summed E-state index contributed by atoms with van der Waals surface area (Å²) in [5.74, 6) is -0.792. The monoisotopic (exact) mass is 326 g/mol. The van der Waals surface area contributed by atoms with Gasteiger partial charge in [0.25, 0.3) is 0 Å². The third kappa shape index (κ3) is 4.68. The first-order valence-corrected chi connectivity index (χ1v) is 8.65. The van der Waals surface area contributed by atoms with Crippen LogP contribution < -0.4 is 0 Å². The van der Waals surface area contributed by atoms with Gasteiger partial charge in [-0.05, 0) is 36.0 Å². The molecule has 128 valence electrons. The van der Waals surface area contributed by atoms with Crippen molar-refractivity contribution in [3.8, 4) is 0 Å². The molecule has 2 aromatic rings. The summed E-state index contributed by atoms with van der Waals surface area (Å²) in [5.41, 5.74) is 1.75. The maximum absolute atomic E-state index is 11.4. The molecule has 3 nitrogen and oxygen atoms in total. The van der Waals surface area contributed by atoms with Gasteiger partial charge in [0, 0.05) is 6.42 Å². The van der Waals surface area contributed by atoms with Gasteiger partial charge >= 0.3 is 5.97 Å². The van der Waals surface area contributed by atoms with Crippen LogP contribution in [0.25, 0.3) is 0 Å². The van der Waals surface area contributed by atoms with E-state index in [1.165, 1.54) is 0 Å². The minimum absolute atomic E-state index is 0.124. The molecule has 2 rings (SSSR count). The summed E-state index contributed by atoms with van der Waals surface area (Å²) in [6.45, 7) is 2.15. The van der Waals surface area contributed by atoms with Crippen LogP contribution in [0, 0.1) is 0 Å². The number of carbonyl (C=O) groups is 1. The Morgan fingerprint density at radius 2 is 1.58 bits per heavy atom. The molecular weight excluding hydrogens is 300 g/mol. The minimum atomic E-state index is -0.998. The number of aryl methyl sites for hydroxylation is 1. The van der Waals surface area contributed by atoms with Crippen molar-refractivity contribution < 1.29 is 15.0 Å². The number of benzene rings is 2. The Morgan fingerprint density at radius 3 is 2.17 bits per heavy atom. The average Bonchev–Trinajstić information content (AvgIpc) is 2.61. The summed E-state index contributed by atoms with van der Waals surface area (Å²) in [4.78, 5) is 10.7. The van der Waals surface area contributed by atoms with E-state index >= 15 is 0 Å². The maximum Gasteiger partial charge on any atom is 0.303 e. The molecule has 0 aliphatic heterocycles. The predicted octanol–water partition coefficient (Wildman–Crippen LogP) is 4.52. The van der Waals surface area contributed by atoms with Crippen LogP contribution in [0.5, 0.6) is 0 Å². The Bertz CT molecular complexity index is 634. The van der Waals surface area contributed by atoms with Gasteiger partial charge in [0.1, 0.15) is 5.60 Å². The van der Waals surface area contributed by atoms with Crippen molar-refractivity contribution in [2.24, 2.45) is 0 Å². The maximum atomic E-state index is 11.4. The summed E-state index contributed by atoms with van der Waals surface area (Å²) >= 11 is 0. The van der Waals surface area contributed by atoms with Gasteiger partial charge in [-0.25, -0.2) is 0 Å². The van der Waals surface area contributed by atoms with Crippen LogP contribution in [0.4, 0.5) is 0 Å². The lowest BCUT2D eigenvalue weighted by molar-refractivity contribution is -0.136. The van der Waals surface area contributed by atoms with Crippen molar-refractivity contribution >= 4 is 5.97 Å². The van der Waals surface area contributed by atoms with Gasteiger partial charge in [0.15, 0.2) is 0 Å². The first kappa shape index (κ1) is 18.2. The van der Waals surface area contributed by atoms with Gasteiger partial charge in [-0.15, -0.1) is 0 Å². The molecule has 0 saturated carbocycles. The van der Waals surface area contributed by atoms with Crippen molar-refractivity contribution in [2.75, 3.05) is 0 Å². The van der Waals surface area contributed by atoms with Crippen molar-refractivity contribution in [1.29, 1.82) is 0 Å². The molecule has 0 bridgehead atoms. The van der Waals surface area contributed by atoms with E-state index in [0.717, 1.165) is 36.0 Å². The third-order valence-electron chi connectivity index (χ3n) is 4.45. The van der Waals surface area contributed by atoms with Crippen LogP contribution in [0.1, 0.15) is 55.7 Å². The van der Waals surface area contributed by atoms with Crippen LogP contribution in [-0.2, 0) is 16.8 Å². The fraction of sp³-hybridized carbons (Fsp3) is 0.381. The molecule has 0 amide bonds. The summed E-state index contributed by atoms with van der Waals surface area (Å²) in [5, 5.41) is 20.2.